The third kappa shape index (κ3) is 4.96. The molecule has 5 nitrogen and oxygen atoms in total. The second-order valence-corrected chi connectivity index (χ2v) is 8.50. The van der Waals surface area contributed by atoms with Crippen molar-refractivity contribution >= 4 is 17.3 Å². The van der Waals surface area contributed by atoms with Gasteiger partial charge < -0.3 is 19.4 Å². The van der Waals surface area contributed by atoms with Crippen LogP contribution >= 0.6 is 0 Å². The number of carbonyl (C=O) groups excluding carboxylic acids is 1. The molecule has 2 fully saturated rings. The SMILES string of the molecule is COc1ccc(N2CC[NH+](CC(=O)N(c3ccccc3)C3CCCCC3)CC2)cc1. The number of nitrogens with one attached hydrogen (secondary N) is 1. The summed E-state index contributed by atoms with van der Waals surface area (Å²) in [7, 11) is 1.69. The van der Waals surface area contributed by atoms with Crippen LogP contribution in [0.3, 0.4) is 0 Å². The number of hydrogen-bond acceptors (Lipinski definition) is 3. The minimum absolute atomic E-state index is 0.279. The maximum Gasteiger partial charge on any atom is 0.282 e. The van der Waals surface area contributed by atoms with Gasteiger partial charge >= 0.3 is 0 Å². The van der Waals surface area contributed by atoms with Crippen molar-refractivity contribution in [1.82, 2.24) is 0 Å². The van der Waals surface area contributed by atoms with E-state index in [0.717, 1.165) is 50.5 Å². The maximum atomic E-state index is 13.4. The van der Waals surface area contributed by atoms with Gasteiger partial charge in [0.1, 0.15) is 5.75 Å². The molecule has 1 saturated carbocycles. The van der Waals surface area contributed by atoms with Crippen molar-refractivity contribution in [3.05, 3.63) is 54.6 Å². The number of ether oxygens (including phenoxy) is 1. The monoisotopic (exact) mass is 408 g/mol. The number of benzene rings is 2. The second kappa shape index (κ2) is 9.98. The number of nitrogens with zero attached hydrogens (tertiary/aromatic N) is 2. The molecule has 0 bridgehead atoms. The van der Waals surface area contributed by atoms with E-state index in [-0.39, 0.29) is 5.91 Å². The van der Waals surface area contributed by atoms with E-state index >= 15 is 0 Å². The van der Waals surface area contributed by atoms with Crippen LogP contribution in [0.15, 0.2) is 54.6 Å². The van der Waals surface area contributed by atoms with E-state index in [1.807, 2.05) is 30.3 Å². The fourth-order valence-corrected chi connectivity index (χ4v) is 4.84. The van der Waals surface area contributed by atoms with E-state index in [4.69, 9.17) is 4.74 Å². The number of hydrogen-bond donors (Lipinski definition) is 1. The molecule has 2 aromatic rings. The van der Waals surface area contributed by atoms with Crippen molar-refractivity contribution in [1.29, 1.82) is 0 Å². The van der Waals surface area contributed by atoms with E-state index in [1.54, 1.807) is 7.11 Å². The normalized spacial score (nSPS) is 18.2. The van der Waals surface area contributed by atoms with Gasteiger partial charge in [0.15, 0.2) is 6.54 Å². The van der Waals surface area contributed by atoms with Crippen LogP contribution in [0.1, 0.15) is 32.1 Å². The summed E-state index contributed by atoms with van der Waals surface area (Å²) in [6.07, 6.45) is 6.01. The quantitative estimate of drug-likeness (QED) is 0.799. The highest BCUT2D eigenvalue weighted by Crippen LogP contribution is 2.27. The average molecular weight is 409 g/mol. The number of rotatable bonds is 6. The zero-order chi connectivity index (χ0) is 20.8. The smallest absolute Gasteiger partial charge is 0.282 e. The minimum atomic E-state index is 0.279. The summed E-state index contributed by atoms with van der Waals surface area (Å²) in [5.74, 6) is 1.17. The van der Waals surface area contributed by atoms with Crippen LogP contribution in [0.5, 0.6) is 5.75 Å². The molecular formula is C25H34N3O2+. The molecule has 1 aliphatic heterocycles. The Balaban J connectivity index is 1.37. The molecule has 0 unspecified atom stereocenters. The maximum absolute atomic E-state index is 13.4. The Morgan fingerprint density at radius 2 is 1.67 bits per heavy atom. The molecule has 1 N–H and O–H groups in total. The summed E-state index contributed by atoms with van der Waals surface area (Å²) >= 11 is 0. The number of carbonyl (C=O) groups is 1. The Morgan fingerprint density at radius 1 is 1.00 bits per heavy atom. The Hall–Kier alpha value is -2.53. The third-order valence-electron chi connectivity index (χ3n) is 6.55. The minimum Gasteiger partial charge on any atom is -0.497 e. The molecule has 1 heterocycles. The molecule has 2 aliphatic rings. The summed E-state index contributed by atoms with van der Waals surface area (Å²) in [5.41, 5.74) is 2.29. The molecule has 1 amide bonds. The fraction of sp³-hybridized carbons (Fsp3) is 0.480. The molecule has 2 aromatic carbocycles. The number of quaternary nitrogens is 1. The van der Waals surface area contributed by atoms with Crippen molar-refractivity contribution in [2.75, 3.05) is 49.6 Å². The highest BCUT2D eigenvalue weighted by atomic mass is 16.5. The standard InChI is InChI=1S/C25H33N3O2/c1-30-24-14-12-21(13-15-24)27-18-16-26(17-19-27)20-25(29)28(22-8-4-2-5-9-22)23-10-6-3-7-11-23/h2,4-5,8-9,12-15,23H,3,6-7,10-11,16-20H2,1H3/p+1. The van der Waals surface area contributed by atoms with Gasteiger partial charge in [0.05, 0.1) is 33.3 Å². The van der Waals surface area contributed by atoms with Gasteiger partial charge in [-0.15, -0.1) is 0 Å². The van der Waals surface area contributed by atoms with Crippen LogP contribution in [-0.4, -0.2) is 51.8 Å². The summed E-state index contributed by atoms with van der Waals surface area (Å²) in [6.45, 7) is 4.52. The first-order chi connectivity index (χ1) is 14.7. The topological polar surface area (TPSA) is 37.2 Å². The van der Waals surface area contributed by atoms with Gasteiger partial charge in [-0.1, -0.05) is 37.5 Å². The number of anilines is 2. The molecule has 1 saturated heterocycles. The van der Waals surface area contributed by atoms with Crippen LogP contribution in [0.4, 0.5) is 11.4 Å². The Kier molecular flexibility index (Phi) is 6.90. The van der Waals surface area contributed by atoms with Gasteiger partial charge in [-0.25, -0.2) is 0 Å². The van der Waals surface area contributed by atoms with Gasteiger partial charge in [0.2, 0.25) is 0 Å². The fourth-order valence-electron chi connectivity index (χ4n) is 4.84. The summed E-state index contributed by atoms with van der Waals surface area (Å²) in [5, 5.41) is 0. The van der Waals surface area contributed by atoms with Crippen molar-refractivity contribution in [3.8, 4) is 5.75 Å². The largest absolute Gasteiger partial charge is 0.497 e. The predicted octanol–water partition coefficient (Wildman–Crippen LogP) is 2.77. The Labute approximate surface area is 180 Å². The number of piperazine rings is 1. The van der Waals surface area contributed by atoms with Crippen LogP contribution in [0.2, 0.25) is 0 Å². The van der Waals surface area contributed by atoms with E-state index in [0.29, 0.717) is 12.6 Å². The predicted molar refractivity (Wildman–Crippen MR) is 122 cm³/mol. The molecule has 4 rings (SSSR count). The first-order valence-electron chi connectivity index (χ1n) is 11.3. The Bertz CT molecular complexity index is 795. The lowest BCUT2D eigenvalue weighted by atomic mass is 9.93. The van der Waals surface area contributed by atoms with Crippen LogP contribution in [0.25, 0.3) is 0 Å². The van der Waals surface area contributed by atoms with Crippen LogP contribution in [0, 0.1) is 0 Å². The molecule has 5 heteroatoms. The number of para-hydroxylation sites is 1. The zero-order valence-corrected chi connectivity index (χ0v) is 18.1. The van der Waals surface area contributed by atoms with Gasteiger partial charge in [-0.3, -0.25) is 4.79 Å². The van der Waals surface area contributed by atoms with Crippen LogP contribution in [-0.2, 0) is 4.79 Å². The first kappa shape index (κ1) is 20.7. The van der Waals surface area contributed by atoms with Gasteiger partial charge in [0.25, 0.3) is 5.91 Å². The van der Waals surface area contributed by atoms with Gasteiger partial charge in [-0.05, 0) is 49.2 Å². The molecule has 160 valence electrons. The van der Waals surface area contributed by atoms with E-state index in [9.17, 15) is 4.79 Å². The van der Waals surface area contributed by atoms with Crippen molar-refractivity contribution in [3.63, 3.8) is 0 Å². The van der Waals surface area contributed by atoms with Crippen molar-refractivity contribution in [2.45, 2.75) is 38.1 Å². The van der Waals surface area contributed by atoms with E-state index < -0.39 is 0 Å². The molecule has 0 spiro atoms. The number of methoxy groups -OCH3 is 1. The van der Waals surface area contributed by atoms with E-state index in [2.05, 4.69) is 34.1 Å². The average Bonchev–Trinajstić information content (AvgIpc) is 2.81. The van der Waals surface area contributed by atoms with Crippen molar-refractivity contribution < 1.29 is 14.4 Å². The lowest BCUT2D eigenvalue weighted by Crippen LogP contribution is -3.16. The molecular weight excluding hydrogens is 374 g/mol. The Morgan fingerprint density at radius 3 is 2.30 bits per heavy atom. The van der Waals surface area contributed by atoms with E-state index in [1.165, 1.54) is 29.8 Å². The highest BCUT2D eigenvalue weighted by Gasteiger charge is 2.30. The third-order valence-corrected chi connectivity index (χ3v) is 6.55. The second-order valence-electron chi connectivity index (χ2n) is 8.50. The highest BCUT2D eigenvalue weighted by molar-refractivity contribution is 5.94. The zero-order valence-electron chi connectivity index (χ0n) is 18.1. The summed E-state index contributed by atoms with van der Waals surface area (Å²) in [4.78, 5) is 19.3. The van der Waals surface area contributed by atoms with Gasteiger partial charge in [0, 0.05) is 17.4 Å². The van der Waals surface area contributed by atoms with Gasteiger partial charge in [-0.2, -0.15) is 0 Å². The molecule has 0 atom stereocenters. The lowest BCUT2D eigenvalue weighted by molar-refractivity contribution is -0.892. The molecule has 0 aromatic heterocycles. The number of amides is 1. The molecule has 30 heavy (non-hydrogen) atoms. The molecule has 1 aliphatic carbocycles. The van der Waals surface area contributed by atoms with Crippen LogP contribution < -0.4 is 19.4 Å². The van der Waals surface area contributed by atoms with Crippen molar-refractivity contribution in [2.24, 2.45) is 0 Å². The first-order valence-corrected chi connectivity index (χ1v) is 11.3. The summed E-state index contributed by atoms with van der Waals surface area (Å²) < 4.78 is 5.26. The molecule has 0 radical (unpaired) electrons. The summed E-state index contributed by atoms with van der Waals surface area (Å²) in [6, 6.07) is 18.9. The lowest BCUT2D eigenvalue weighted by Gasteiger charge is -2.37.